The number of amides is 2. The van der Waals surface area contributed by atoms with Crippen molar-refractivity contribution in [1.82, 2.24) is 29.7 Å². The van der Waals surface area contributed by atoms with Crippen LogP contribution in [0.15, 0.2) is 67.5 Å². The third-order valence-corrected chi connectivity index (χ3v) is 7.44. The number of nitrogens with zero attached hydrogens (tertiary/aromatic N) is 8. The molecule has 1 saturated heterocycles. The third-order valence-electron chi connectivity index (χ3n) is 7.44. The van der Waals surface area contributed by atoms with Crippen molar-refractivity contribution in [2.24, 2.45) is 5.41 Å². The van der Waals surface area contributed by atoms with Crippen LogP contribution in [0.25, 0.3) is 5.69 Å². The lowest BCUT2D eigenvalue weighted by atomic mass is 9.85. The van der Waals surface area contributed by atoms with Gasteiger partial charge in [0, 0.05) is 35.5 Å². The van der Waals surface area contributed by atoms with Crippen LogP contribution in [0.4, 0.5) is 19.3 Å². The highest BCUT2D eigenvalue weighted by atomic mass is 19.1. The van der Waals surface area contributed by atoms with E-state index in [4.69, 9.17) is 4.74 Å². The van der Waals surface area contributed by atoms with Crippen LogP contribution in [0.5, 0.6) is 0 Å². The summed E-state index contributed by atoms with van der Waals surface area (Å²) in [7, 11) is 0. The van der Waals surface area contributed by atoms with Crippen molar-refractivity contribution in [2.45, 2.75) is 52.6 Å². The molecule has 5 rings (SSSR count). The van der Waals surface area contributed by atoms with E-state index >= 15 is 4.39 Å². The molecular weight excluding hydrogens is 562 g/mol. The van der Waals surface area contributed by atoms with Crippen LogP contribution >= 0.6 is 0 Å². The molecule has 4 aromatic rings. The lowest BCUT2D eigenvalue weighted by Crippen LogP contribution is -2.53. The highest BCUT2D eigenvalue weighted by molar-refractivity contribution is 5.94. The summed E-state index contributed by atoms with van der Waals surface area (Å²) in [5.74, 6) is -2.16. The predicted molar refractivity (Wildman–Crippen MR) is 148 cm³/mol. The number of carbonyl (C=O) groups is 2. The fraction of sp³-hybridized carbons (Fsp3) is 0.379. The Morgan fingerprint density at radius 1 is 1.12 bits per heavy atom. The maximum atomic E-state index is 15.2. The Morgan fingerprint density at radius 2 is 1.84 bits per heavy atom. The molecule has 0 saturated carbocycles. The first-order valence-electron chi connectivity index (χ1n) is 13.7. The second-order valence-corrected chi connectivity index (χ2v) is 11.5. The quantitative estimate of drug-likeness (QED) is 0.233. The Labute approximate surface area is 246 Å². The molecule has 1 fully saturated rings. The standard InChI is InChI=1S/C29H33F2N8O4/c1-20(37-13-14-38(27(37)41)22-6-8-23(9-7-22)39-12-11-32-34-39)29(42,24-10-5-21(30)15-25(24)31)16-36-18-35(17-33-36)19-43-26(40)28(2,3)4/h5-12,15,17-18,20,42H,13-14,16,19H2,1-4H3/q+1/t20-,29-/m1/s1. The normalized spacial score (nSPS) is 15.9. The van der Waals surface area contributed by atoms with Gasteiger partial charge >= 0.3 is 12.0 Å². The highest BCUT2D eigenvalue weighted by Gasteiger charge is 2.47. The predicted octanol–water partition coefficient (Wildman–Crippen LogP) is 2.79. The summed E-state index contributed by atoms with van der Waals surface area (Å²) in [5, 5.41) is 24.1. The smallest absolute Gasteiger partial charge is 0.324 e. The van der Waals surface area contributed by atoms with Crippen LogP contribution < -0.4 is 9.47 Å². The molecule has 0 radical (unpaired) electrons. The van der Waals surface area contributed by atoms with Gasteiger partial charge in [0.05, 0.1) is 29.5 Å². The van der Waals surface area contributed by atoms with Gasteiger partial charge in [0.1, 0.15) is 23.8 Å². The topological polar surface area (TPSA) is 122 Å². The van der Waals surface area contributed by atoms with Gasteiger partial charge in [-0.25, -0.2) is 22.8 Å². The molecule has 0 aliphatic carbocycles. The zero-order valence-corrected chi connectivity index (χ0v) is 24.3. The fourth-order valence-electron chi connectivity index (χ4n) is 4.93. The molecule has 0 spiro atoms. The Hall–Kier alpha value is -4.72. The Morgan fingerprint density at radius 3 is 2.49 bits per heavy atom. The maximum absolute atomic E-state index is 15.2. The molecule has 0 bridgehead atoms. The largest absolute Gasteiger partial charge is 0.431 e. The lowest BCUT2D eigenvalue weighted by molar-refractivity contribution is -0.728. The molecule has 43 heavy (non-hydrogen) atoms. The number of halogens is 2. The molecule has 2 aromatic carbocycles. The Balaban J connectivity index is 1.38. The zero-order valence-electron chi connectivity index (χ0n) is 24.3. The van der Waals surface area contributed by atoms with Crippen LogP contribution in [0.3, 0.4) is 0 Å². The minimum absolute atomic E-state index is 0.121. The average Bonchev–Trinajstić information content (AvgIpc) is 3.73. The summed E-state index contributed by atoms with van der Waals surface area (Å²) in [6.07, 6.45) is 6.15. The summed E-state index contributed by atoms with van der Waals surface area (Å²) in [6, 6.07) is 8.75. The van der Waals surface area contributed by atoms with Crippen LogP contribution in [0, 0.1) is 17.0 Å². The molecule has 2 atom stereocenters. The second kappa shape index (κ2) is 11.5. The monoisotopic (exact) mass is 595 g/mol. The molecule has 1 aliphatic rings. The highest BCUT2D eigenvalue weighted by Crippen LogP contribution is 2.35. The van der Waals surface area contributed by atoms with Gasteiger partial charge in [0.2, 0.25) is 13.1 Å². The second-order valence-electron chi connectivity index (χ2n) is 11.5. The summed E-state index contributed by atoms with van der Waals surface area (Å²) >= 11 is 0. The molecule has 2 aromatic heterocycles. The minimum Gasteiger partial charge on any atom is -0.431 e. The zero-order chi connectivity index (χ0) is 30.9. The number of hydrogen-bond acceptors (Lipinski definition) is 7. The van der Waals surface area contributed by atoms with E-state index in [0.717, 1.165) is 11.8 Å². The first-order valence-corrected chi connectivity index (χ1v) is 13.7. The summed E-state index contributed by atoms with van der Waals surface area (Å²) in [4.78, 5) is 28.8. The van der Waals surface area contributed by atoms with E-state index in [9.17, 15) is 19.1 Å². The maximum Gasteiger partial charge on any atom is 0.324 e. The molecule has 14 heteroatoms. The number of esters is 1. The molecule has 1 aliphatic heterocycles. The number of rotatable bonds is 9. The van der Waals surface area contributed by atoms with Gasteiger partial charge in [-0.05, 0) is 58.0 Å². The van der Waals surface area contributed by atoms with E-state index in [1.165, 1.54) is 32.9 Å². The molecule has 12 nitrogen and oxygen atoms in total. The summed E-state index contributed by atoms with van der Waals surface area (Å²) < 4.78 is 38.8. The van der Waals surface area contributed by atoms with E-state index in [0.29, 0.717) is 18.3 Å². The number of benzene rings is 2. The van der Waals surface area contributed by atoms with Crippen LogP contribution in [-0.4, -0.2) is 65.9 Å². The van der Waals surface area contributed by atoms with Gasteiger partial charge in [0.15, 0.2) is 0 Å². The first kappa shape index (κ1) is 29.8. The van der Waals surface area contributed by atoms with Gasteiger partial charge in [-0.1, -0.05) is 11.3 Å². The minimum atomic E-state index is -2.02. The van der Waals surface area contributed by atoms with Crippen molar-refractivity contribution in [3.05, 3.63) is 84.7 Å². The average molecular weight is 596 g/mol. The van der Waals surface area contributed by atoms with Gasteiger partial charge in [-0.15, -0.1) is 9.78 Å². The SMILES string of the molecule is C[C@@H](N1CCN(c2ccc(-n3ccnn3)cc2)C1=O)[C@](O)(Cn1c[n+](COC(=O)C(C)(C)C)cn1)c1ccc(F)cc1F. The van der Waals surface area contributed by atoms with Gasteiger partial charge in [-0.3, -0.25) is 9.69 Å². The van der Waals surface area contributed by atoms with Crippen LogP contribution in [-0.2, 0) is 28.4 Å². The van der Waals surface area contributed by atoms with E-state index in [2.05, 4.69) is 15.4 Å². The van der Waals surface area contributed by atoms with Gasteiger partial charge in [0.25, 0.3) is 6.33 Å². The van der Waals surface area contributed by atoms with Gasteiger partial charge in [-0.2, -0.15) is 0 Å². The molecular formula is C29H33F2N8O4+. The van der Waals surface area contributed by atoms with Gasteiger partial charge < -0.3 is 14.7 Å². The third kappa shape index (κ3) is 6.09. The van der Waals surface area contributed by atoms with Crippen molar-refractivity contribution in [3.63, 3.8) is 0 Å². The van der Waals surface area contributed by atoms with E-state index in [-0.39, 0.29) is 31.4 Å². The fourth-order valence-corrected chi connectivity index (χ4v) is 4.93. The van der Waals surface area contributed by atoms with E-state index < -0.39 is 34.7 Å². The Kier molecular flexibility index (Phi) is 7.97. The van der Waals surface area contributed by atoms with Crippen LogP contribution in [0.2, 0.25) is 0 Å². The van der Waals surface area contributed by atoms with Crippen molar-refractivity contribution in [2.75, 3.05) is 18.0 Å². The van der Waals surface area contributed by atoms with E-state index in [1.807, 2.05) is 0 Å². The number of aliphatic hydroxyl groups is 1. The molecule has 0 unspecified atom stereocenters. The number of carbonyl (C=O) groups excluding carboxylic acids is 2. The molecule has 226 valence electrons. The summed E-state index contributed by atoms with van der Waals surface area (Å²) in [5.41, 5.74) is -1.50. The number of hydrogen-bond donors (Lipinski definition) is 1. The molecule has 1 N–H and O–H groups in total. The summed E-state index contributed by atoms with van der Waals surface area (Å²) in [6.45, 7) is 6.98. The van der Waals surface area contributed by atoms with Crippen LogP contribution in [0.1, 0.15) is 33.3 Å². The van der Waals surface area contributed by atoms with E-state index in [1.54, 1.807) is 73.9 Å². The van der Waals surface area contributed by atoms with Crippen molar-refractivity contribution in [1.29, 1.82) is 0 Å². The number of anilines is 1. The lowest BCUT2D eigenvalue weighted by Gasteiger charge is -2.38. The number of urea groups is 1. The molecule has 2 amide bonds. The van der Waals surface area contributed by atoms with Crippen molar-refractivity contribution in [3.8, 4) is 5.69 Å². The number of aromatic nitrogens is 6. The molecule has 3 heterocycles. The number of ether oxygens (including phenoxy) is 1. The van der Waals surface area contributed by atoms with Crippen molar-refractivity contribution < 1.29 is 32.8 Å². The Bertz CT molecular complexity index is 1600. The van der Waals surface area contributed by atoms with Crippen molar-refractivity contribution >= 4 is 17.7 Å². The first-order chi connectivity index (χ1) is 20.4.